The van der Waals surface area contributed by atoms with Gasteiger partial charge in [0.2, 0.25) is 11.8 Å². The van der Waals surface area contributed by atoms with Gasteiger partial charge in [-0.2, -0.15) is 5.10 Å². The fourth-order valence-electron chi connectivity index (χ4n) is 3.25. The summed E-state index contributed by atoms with van der Waals surface area (Å²) < 4.78 is 6.60. The van der Waals surface area contributed by atoms with Gasteiger partial charge in [0, 0.05) is 30.6 Å². The Morgan fingerprint density at radius 3 is 2.43 bits per heavy atom. The van der Waals surface area contributed by atoms with E-state index >= 15 is 0 Å². The predicted molar refractivity (Wildman–Crippen MR) is 104 cm³/mol. The van der Waals surface area contributed by atoms with E-state index in [1.165, 1.54) is 10.7 Å². The third-order valence-corrected chi connectivity index (χ3v) is 4.86. The zero-order chi connectivity index (χ0) is 20.1. The summed E-state index contributed by atoms with van der Waals surface area (Å²) in [6.45, 7) is 3.28. The maximum atomic E-state index is 12.6. The van der Waals surface area contributed by atoms with Crippen molar-refractivity contribution in [1.29, 1.82) is 0 Å². The average molecular weight is 384 g/mol. The topological polar surface area (TPSA) is 108 Å². The molecule has 1 aromatic carbocycles. The van der Waals surface area contributed by atoms with Crippen molar-refractivity contribution in [3.8, 4) is 17.0 Å². The van der Waals surface area contributed by atoms with Gasteiger partial charge in [-0.1, -0.05) is 0 Å². The predicted octanol–water partition coefficient (Wildman–Crippen LogP) is 1.03. The van der Waals surface area contributed by atoms with E-state index in [0.29, 0.717) is 38.2 Å². The Kier molecular flexibility index (Phi) is 6.08. The Labute approximate surface area is 162 Å². The van der Waals surface area contributed by atoms with Crippen molar-refractivity contribution < 1.29 is 14.3 Å². The molecule has 1 aliphatic rings. The molecular weight excluding hydrogens is 360 g/mol. The van der Waals surface area contributed by atoms with Crippen LogP contribution in [0.1, 0.15) is 19.8 Å². The van der Waals surface area contributed by atoms with Crippen molar-refractivity contribution in [1.82, 2.24) is 14.7 Å². The lowest BCUT2D eigenvalue weighted by atomic mass is 9.96. The Morgan fingerprint density at radius 2 is 1.82 bits per heavy atom. The third-order valence-electron chi connectivity index (χ3n) is 4.86. The summed E-state index contributed by atoms with van der Waals surface area (Å²) >= 11 is 0. The van der Waals surface area contributed by atoms with Crippen molar-refractivity contribution in [2.75, 3.05) is 19.7 Å². The second-order valence-electron chi connectivity index (χ2n) is 6.73. The number of hydrogen-bond donors (Lipinski definition) is 1. The summed E-state index contributed by atoms with van der Waals surface area (Å²) in [5.41, 5.74) is 6.41. The molecule has 2 amide bonds. The van der Waals surface area contributed by atoms with Crippen LogP contribution in [0.25, 0.3) is 11.3 Å². The van der Waals surface area contributed by atoms with Crippen LogP contribution in [0.5, 0.6) is 5.75 Å². The summed E-state index contributed by atoms with van der Waals surface area (Å²) in [7, 11) is 0. The molecule has 0 unspecified atom stereocenters. The Hall–Kier alpha value is -3.16. The van der Waals surface area contributed by atoms with E-state index in [2.05, 4.69) is 5.10 Å². The van der Waals surface area contributed by atoms with Crippen LogP contribution in [0.3, 0.4) is 0 Å². The number of carbonyl (C=O) groups is 2. The van der Waals surface area contributed by atoms with E-state index < -0.39 is 0 Å². The number of hydrogen-bond acceptors (Lipinski definition) is 5. The summed E-state index contributed by atoms with van der Waals surface area (Å²) in [5.74, 6) is 0.0522. The van der Waals surface area contributed by atoms with E-state index in [4.69, 9.17) is 10.5 Å². The molecule has 8 nitrogen and oxygen atoms in total. The lowest BCUT2D eigenvalue weighted by molar-refractivity contribution is -0.135. The number of aromatic nitrogens is 2. The van der Waals surface area contributed by atoms with Crippen molar-refractivity contribution in [3.63, 3.8) is 0 Å². The van der Waals surface area contributed by atoms with Crippen molar-refractivity contribution in [2.24, 2.45) is 11.7 Å². The molecule has 3 rings (SSSR count). The van der Waals surface area contributed by atoms with Gasteiger partial charge >= 0.3 is 0 Å². The molecule has 148 valence electrons. The molecule has 0 spiro atoms. The maximum Gasteiger partial charge on any atom is 0.267 e. The number of carbonyl (C=O) groups excluding carboxylic acids is 2. The van der Waals surface area contributed by atoms with Gasteiger partial charge in [-0.05, 0) is 50.1 Å². The summed E-state index contributed by atoms with van der Waals surface area (Å²) in [6, 6.07) is 10.4. The molecule has 8 heteroatoms. The highest BCUT2D eigenvalue weighted by Crippen LogP contribution is 2.20. The van der Waals surface area contributed by atoms with Gasteiger partial charge < -0.3 is 15.4 Å². The average Bonchev–Trinajstić information content (AvgIpc) is 2.70. The van der Waals surface area contributed by atoms with Gasteiger partial charge in [-0.15, -0.1) is 0 Å². The Bertz CT molecular complexity index is 899. The molecule has 28 heavy (non-hydrogen) atoms. The summed E-state index contributed by atoms with van der Waals surface area (Å²) in [6.07, 6.45) is 1.10. The Balaban J connectivity index is 1.70. The highest BCUT2D eigenvalue weighted by molar-refractivity contribution is 5.78. The Morgan fingerprint density at radius 1 is 1.14 bits per heavy atom. The van der Waals surface area contributed by atoms with Crippen LogP contribution in [0.15, 0.2) is 41.2 Å². The van der Waals surface area contributed by atoms with Crippen LogP contribution in [-0.4, -0.2) is 46.2 Å². The normalized spacial score (nSPS) is 14.7. The van der Waals surface area contributed by atoms with E-state index in [1.807, 2.05) is 31.2 Å². The number of amides is 2. The SMILES string of the molecule is CCOc1ccc(-c2ccc(=O)n(CC(=O)N3CCC(C(N)=O)CC3)n2)cc1. The standard InChI is InChI=1S/C20H24N4O4/c1-2-28-16-5-3-14(4-6-16)17-7-8-18(25)24(22-17)13-19(26)23-11-9-15(10-12-23)20(21)27/h3-8,15H,2,9-13H2,1H3,(H2,21,27). The zero-order valence-corrected chi connectivity index (χ0v) is 15.8. The van der Waals surface area contributed by atoms with E-state index in [-0.39, 0.29) is 29.8 Å². The van der Waals surface area contributed by atoms with Gasteiger partial charge in [0.1, 0.15) is 12.3 Å². The van der Waals surface area contributed by atoms with Crippen molar-refractivity contribution >= 4 is 11.8 Å². The second kappa shape index (κ2) is 8.69. The number of benzene rings is 1. The zero-order valence-electron chi connectivity index (χ0n) is 15.8. The molecule has 0 atom stereocenters. The van der Waals surface area contributed by atoms with Gasteiger partial charge in [0.25, 0.3) is 5.56 Å². The summed E-state index contributed by atoms with van der Waals surface area (Å²) in [5, 5.41) is 4.34. The number of primary amides is 1. The quantitative estimate of drug-likeness (QED) is 0.800. The lowest BCUT2D eigenvalue weighted by Gasteiger charge is -2.30. The minimum Gasteiger partial charge on any atom is -0.494 e. The smallest absolute Gasteiger partial charge is 0.267 e. The molecule has 2 heterocycles. The number of nitrogens with two attached hydrogens (primary N) is 1. The summed E-state index contributed by atoms with van der Waals surface area (Å²) in [4.78, 5) is 37.6. The first-order valence-electron chi connectivity index (χ1n) is 9.36. The molecule has 2 aromatic rings. The first kappa shape index (κ1) is 19.6. The molecule has 0 bridgehead atoms. The molecule has 2 N–H and O–H groups in total. The van der Waals surface area contributed by atoms with Gasteiger partial charge in [-0.25, -0.2) is 4.68 Å². The number of nitrogens with zero attached hydrogens (tertiary/aromatic N) is 3. The lowest BCUT2D eigenvalue weighted by Crippen LogP contribution is -2.44. The molecule has 0 radical (unpaired) electrons. The molecule has 1 aromatic heterocycles. The highest BCUT2D eigenvalue weighted by atomic mass is 16.5. The number of piperidine rings is 1. The van der Waals surface area contributed by atoms with E-state index in [0.717, 1.165) is 11.3 Å². The molecular formula is C20H24N4O4. The number of ether oxygens (including phenoxy) is 1. The minimum atomic E-state index is -0.338. The van der Waals surface area contributed by atoms with Crippen LogP contribution >= 0.6 is 0 Å². The number of likely N-dealkylation sites (tertiary alicyclic amines) is 1. The van der Waals surface area contributed by atoms with E-state index in [9.17, 15) is 14.4 Å². The fraction of sp³-hybridized carbons (Fsp3) is 0.400. The third kappa shape index (κ3) is 4.57. The van der Waals surface area contributed by atoms with Crippen LogP contribution in [0, 0.1) is 5.92 Å². The largest absolute Gasteiger partial charge is 0.494 e. The molecule has 0 saturated carbocycles. The van der Waals surface area contributed by atoms with Crippen LogP contribution in [0.4, 0.5) is 0 Å². The van der Waals surface area contributed by atoms with Gasteiger partial charge in [-0.3, -0.25) is 14.4 Å². The van der Waals surface area contributed by atoms with Crippen LogP contribution in [0.2, 0.25) is 0 Å². The molecule has 1 saturated heterocycles. The first-order valence-corrected chi connectivity index (χ1v) is 9.36. The van der Waals surface area contributed by atoms with Gasteiger partial charge in [0.15, 0.2) is 0 Å². The molecule has 0 aliphatic carbocycles. The van der Waals surface area contributed by atoms with Crippen LogP contribution < -0.4 is 16.0 Å². The number of rotatable bonds is 6. The monoisotopic (exact) mass is 384 g/mol. The van der Waals surface area contributed by atoms with Crippen molar-refractivity contribution in [2.45, 2.75) is 26.3 Å². The highest BCUT2D eigenvalue weighted by Gasteiger charge is 2.26. The first-order chi connectivity index (χ1) is 13.5. The van der Waals surface area contributed by atoms with Crippen LogP contribution in [-0.2, 0) is 16.1 Å². The molecule has 1 fully saturated rings. The fourth-order valence-corrected chi connectivity index (χ4v) is 3.25. The van der Waals surface area contributed by atoms with Gasteiger partial charge in [0.05, 0.1) is 12.3 Å². The minimum absolute atomic E-state index is 0.134. The van der Waals surface area contributed by atoms with Crippen molar-refractivity contribution in [3.05, 3.63) is 46.8 Å². The maximum absolute atomic E-state index is 12.6. The van der Waals surface area contributed by atoms with E-state index in [1.54, 1.807) is 11.0 Å². The second-order valence-corrected chi connectivity index (χ2v) is 6.73. The molecule has 1 aliphatic heterocycles.